The fourth-order valence-corrected chi connectivity index (χ4v) is 0.306. The Bertz CT molecular complexity index is 66.5. The summed E-state index contributed by atoms with van der Waals surface area (Å²) >= 11 is 0. The van der Waals surface area contributed by atoms with E-state index in [2.05, 4.69) is 5.32 Å². The second-order valence-electron chi connectivity index (χ2n) is 1.27. The molecule has 0 aromatic carbocycles. The normalized spacial score (nSPS) is 11.4. The molecule has 0 unspecified atom stereocenters. The van der Waals surface area contributed by atoms with Crippen LogP contribution in [0.4, 0.5) is 0 Å². The Morgan fingerprint density at radius 3 is 2.57 bits per heavy atom. The maximum Gasteiger partial charge on any atom is 0.0915 e. The van der Waals surface area contributed by atoms with Crippen LogP contribution in [0.1, 0.15) is 13.8 Å². The molecule has 42 valence electrons. The van der Waals surface area contributed by atoms with E-state index in [1.165, 1.54) is 0 Å². The molecular weight excluding hydrogens is 88.1 g/mol. The van der Waals surface area contributed by atoms with Gasteiger partial charge in [-0.1, -0.05) is 0 Å². The third kappa shape index (κ3) is 3.16. The molecule has 0 saturated heterocycles. The van der Waals surface area contributed by atoms with Crippen molar-refractivity contribution < 1.29 is 0 Å². The molecule has 0 heterocycles. The quantitative estimate of drug-likeness (QED) is 0.527. The van der Waals surface area contributed by atoms with Gasteiger partial charge < -0.3 is 11.1 Å². The second-order valence-corrected chi connectivity index (χ2v) is 1.27. The van der Waals surface area contributed by atoms with E-state index < -0.39 is 0 Å². The van der Waals surface area contributed by atoms with Gasteiger partial charge in [-0.15, -0.1) is 0 Å². The van der Waals surface area contributed by atoms with Crippen molar-refractivity contribution in [2.75, 3.05) is 6.54 Å². The zero-order valence-corrected chi connectivity index (χ0v) is 4.86. The number of allylic oxidation sites excluding steroid dienone is 1. The molecular formula is C5H12N2. The summed E-state index contributed by atoms with van der Waals surface area (Å²) in [5.74, 6) is 0.752. The van der Waals surface area contributed by atoms with Gasteiger partial charge in [-0.3, -0.25) is 0 Å². The molecule has 2 heteroatoms. The first-order valence-electron chi connectivity index (χ1n) is 2.47. The van der Waals surface area contributed by atoms with E-state index in [0.717, 1.165) is 12.4 Å². The maximum atomic E-state index is 5.33. The van der Waals surface area contributed by atoms with Gasteiger partial charge in [-0.25, -0.2) is 0 Å². The Kier molecular flexibility index (Phi) is 3.19. The van der Waals surface area contributed by atoms with E-state index in [0.29, 0.717) is 0 Å². The summed E-state index contributed by atoms with van der Waals surface area (Å²) in [5, 5.41) is 2.93. The average Bonchev–Trinajstić information content (AvgIpc) is 1.68. The summed E-state index contributed by atoms with van der Waals surface area (Å²) in [7, 11) is 0. The molecule has 0 fully saturated rings. The third-order valence-electron chi connectivity index (χ3n) is 0.692. The highest BCUT2D eigenvalue weighted by Crippen LogP contribution is 1.70. The van der Waals surface area contributed by atoms with Crippen molar-refractivity contribution >= 4 is 0 Å². The van der Waals surface area contributed by atoms with Crippen LogP contribution in [0.3, 0.4) is 0 Å². The molecule has 0 atom stereocenters. The Morgan fingerprint density at radius 1 is 1.86 bits per heavy atom. The molecule has 0 aliphatic carbocycles. The Labute approximate surface area is 44.4 Å². The molecule has 2 nitrogen and oxygen atoms in total. The molecule has 3 N–H and O–H groups in total. The first-order valence-corrected chi connectivity index (χ1v) is 2.47. The lowest BCUT2D eigenvalue weighted by Gasteiger charge is -1.97. The highest BCUT2D eigenvalue weighted by atomic mass is 15.0. The monoisotopic (exact) mass is 100 g/mol. The predicted octanol–water partition coefficient (Wildman–Crippen LogP) is 0.416. The van der Waals surface area contributed by atoms with Crippen LogP contribution in [0, 0.1) is 0 Å². The van der Waals surface area contributed by atoms with E-state index in [4.69, 9.17) is 5.73 Å². The van der Waals surface area contributed by atoms with Gasteiger partial charge in [0, 0.05) is 6.54 Å². The first-order chi connectivity index (χ1) is 3.31. The van der Waals surface area contributed by atoms with Crippen LogP contribution in [-0.2, 0) is 0 Å². The van der Waals surface area contributed by atoms with E-state index in [9.17, 15) is 0 Å². The SMILES string of the molecule is CC=C(N)NCC. The van der Waals surface area contributed by atoms with E-state index >= 15 is 0 Å². The lowest BCUT2D eigenvalue weighted by molar-refractivity contribution is 0.838. The average molecular weight is 100 g/mol. The van der Waals surface area contributed by atoms with Crippen LogP contribution < -0.4 is 11.1 Å². The van der Waals surface area contributed by atoms with E-state index in [1.54, 1.807) is 0 Å². The van der Waals surface area contributed by atoms with Crippen LogP contribution in [0.2, 0.25) is 0 Å². The molecule has 0 amide bonds. The number of hydrogen-bond acceptors (Lipinski definition) is 2. The van der Waals surface area contributed by atoms with Crippen molar-refractivity contribution in [2.24, 2.45) is 5.73 Å². The van der Waals surface area contributed by atoms with Crippen molar-refractivity contribution in [3.05, 3.63) is 11.9 Å². The zero-order chi connectivity index (χ0) is 5.70. The highest BCUT2D eigenvalue weighted by molar-refractivity contribution is 4.89. The zero-order valence-electron chi connectivity index (χ0n) is 4.86. The summed E-state index contributed by atoms with van der Waals surface area (Å²) in [5.41, 5.74) is 5.33. The van der Waals surface area contributed by atoms with Crippen molar-refractivity contribution in [3.63, 3.8) is 0 Å². The number of rotatable bonds is 2. The largest absolute Gasteiger partial charge is 0.386 e. The molecule has 0 aliphatic rings. The Balaban J connectivity index is 3.17. The molecule has 7 heavy (non-hydrogen) atoms. The molecule has 0 aromatic heterocycles. The predicted molar refractivity (Wildman–Crippen MR) is 31.6 cm³/mol. The topological polar surface area (TPSA) is 38.0 Å². The van der Waals surface area contributed by atoms with Gasteiger partial charge in [-0.2, -0.15) is 0 Å². The fourth-order valence-electron chi connectivity index (χ4n) is 0.306. The van der Waals surface area contributed by atoms with Gasteiger partial charge in [0.2, 0.25) is 0 Å². The lowest BCUT2D eigenvalue weighted by atomic mass is 10.6. The van der Waals surface area contributed by atoms with Gasteiger partial charge >= 0.3 is 0 Å². The van der Waals surface area contributed by atoms with Crippen LogP contribution in [0.25, 0.3) is 0 Å². The van der Waals surface area contributed by atoms with Gasteiger partial charge in [0.15, 0.2) is 0 Å². The summed E-state index contributed by atoms with van der Waals surface area (Å²) in [6.07, 6.45) is 1.84. The van der Waals surface area contributed by atoms with E-state index in [-0.39, 0.29) is 0 Å². The van der Waals surface area contributed by atoms with Crippen LogP contribution in [0.5, 0.6) is 0 Å². The Hall–Kier alpha value is -0.660. The summed E-state index contributed by atoms with van der Waals surface area (Å²) < 4.78 is 0. The molecule has 0 rings (SSSR count). The minimum absolute atomic E-state index is 0.752. The van der Waals surface area contributed by atoms with Gasteiger partial charge in [-0.05, 0) is 19.9 Å². The van der Waals surface area contributed by atoms with Gasteiger partial charge in [0.25, 0.3) is 0 Å². The minimum Gasteiger partial charge on any atom is -0.386 e. The maximum absolute atomic E-state index is 5.33. The fraction of sp³-hybridized carbons (Fsp3) is 0.600. The smallest absolute Gasteiger partial charge is 0.0915 e. The molecule has 0 spiro atoms. The van der Waals surface area contributed by atoms with Crippen molar-refractivity contribution in [3.8, 4) is 0 Å². The minimum atomic E-state index is 0.752. The lowest BCUT2D eigenvalue weighted by Crippen LogP contribution is -2.18. The highest BCUT2D eigenvalue weighted by Gasteiger charge is 1.75. The van der Waals surface area contributed by atoms with Gasteiger partial charge in [0.05, 0.1) is 5.82 Å². The van der Waals surface area contributed by atoms with E-state index in [1.807, 2.05) is 19.9 Å². The number of hydrogen-bond donors (Lipinski definition) is 2. The second kappa shape index (κ2) is 3.53. The van der Waals surface area contributed by atoms with Crippen molar-refractivity contribution in [1.29, 1.82) is 0 Å². The molecule has 0 aromatic rings. The summed E-state index contributed by atoms with van der Waals surface area (Å²) in [6.45, 7) is 4.81. The molecule has 0 radical (unpaired) electrons. The first kappa shape index (κ1) is 6.34. The molecule has 0 bridgehead atoms. The van der Waals surface area contributed by atoms with Gasteiger partial charge in [0.1, 0.15) is 0 Å². The van der Waals surface area contributed by atoms with Crippen molar-refractivity contribution in [2.45, 2.75) is 13.8 Å². The summed E-state index contributed by atoms with van der Waals surface area (Å²) in [4.78, 5) is 0. The standard InChI is InChI=1S/C5H12N2/c1-3-5(6)7-4-2/h3,7H,4,6H2,1-2H3. The number of nitrogens with one attached hydrogen (secondary N) is 1. The van der Waals surface area contributed by atoms with Crippen LogP contribution in [0.15, 0.2) is 11.9 Å². The summed E-state index contributed by atoms with van der Waals surface area (Å²) in [6, 6.07) is 0. The molecule has 0 saturated carbocycles. The molecule has 0 aliphatic heterocycles. The van der Waals surface area contributed by atoms with Crippen molar-refractivity contribution in [1.82, 2.24) is 5.32 Å². The number of nitrogens with two attached hydrogens (primary N) is 1. The van der Waals surface area contributed by atoms with Crippen LogP contribution >= 0.6 is 0 Å². The van der Waals surface area contributed by atoms with Crippen LogP contribution in [-0.4, -0.2) is 6.54 Å². The Morgan fingerprint density at radius 2 is 2.43 bits per heavy atom. The third-order valence-corrected chi connectivity index (χ3v) is 0.692.